The van der Waals surface area contributed by atoms with E-state index in [0.717, 1.165) is 19.3 Å². The van der Waals surface area contributed by atoms with Crippen LogP contribution in [0.1, 0.15) is 84.0 Å². The van der Waals surface area contributed by atoms with E-state index in [1.807, 2.05) is 19.0 Å². The van der Waals surface area contributed by atoms with Gasteiger partial charge in [-0.3, -0.25) is 9.59 Å². The zero-order chi connectivity index (χ0) is 21.4. The quantitative estimate of drug-likeness (QED) is 0.341. The van der Waals surface area contributed by atoms with Crippen molar-refractivity contribution in [2.45, 2.75) is 90.0 Å². The number of unbranched alkanes of at least 4 members (excludes halogenated alkanes) is 8. The van der Waals surface area contributed by atoms with Crippen LogP contribution in [0.4, 0.5) is 0 Å². The van der Waals surface area contributed by atoms with Gasteiger partial charge < -0.3 is 20.0 Å². The largest absolute Gasteiger partial charge is 0.481 e. The maximum atomic E-state index is 12.6. The van der Waals surface area contributed by atoms with Crippen LogP contribution in [0.3, 0.4) is 0 Å². The van der Waals surface area contributed by atoms with Crippen LogP contribution in [0.2, 0.25) is 0 Å². The van der Waals surface area contributed by atoms with E-state index in [1.54, 1.807) is 0 Å². The fourth-order valence-corrected chi connectivity index (χ4v) is 3.24. The van der Waals surface area contributed by atoms with Gasteiger partial charge in [0.1, 0.15) is 6.04 Å². The molecule has 0 aliphatic heterocycles. The Bertz CT molecular complexity index is 454. The van der Waals surface area contributed by atoms with Crippen LogP contribution < -0.4 is 0 Å². The first-order chi connectivity index (χ1) is 13.3. The molecular weight excluding hydrogens is 360 g/mol. The van der Waals surface area contributed by atoms with Crippen LogP contribution in [0, 0.1) is 0 Å². The number of amides is 1. The van der Waals surface area contributed by atoms with Gasteiger partial charge in [-0.25, -0.2) is 4.79 Å². The zero-order valence-electron chi connectivity index (χ0n) is 18.0. The Balaban J connectivity index is 4.45. The fraction of sp³-hybridized carbons (Fsp3) is 0.857. The number of carboxylic acids is 2. The normalized spacial score (nSPS) is 12.1. The fourth-order valence-electron chi connectivity index (χ4n) is 3.24. The van der Waals surface area contributed by atoms with Crippen molar-refractivity contribution in [2.75, 3.05) is 27.2 Å². The first-order valence-corrected chi connectivity index (χ1v) is 10.7. The Labute approximate surface area is 170 Å². The molecule has 2 N–H and O–H groups in total. The van der Waals surface area contributed by atoms with Crippen molar-refractivity contribution in [1.29, 1.82) is 0 Å². The number of aliphatic carboxylic acids is 2. The highest BCUT2D eigenvalue weighted by atomic mass is 16.4. The van der Waals surface area contributed by atoms with E-state index in [2.05, 4.69) is 6.92 Å². The lowest BCUT2D eigenvalue weighted by molar-refractivity contribution is -0.154. The van der Waals surface area contributed by atoms with Gasteiger partial charge in [-0.1, -0.05) is 58.3 Å². The number of carbonyl (C=O) groups is 3. The summed E-state index contributed by atoms with van der Waals surface area (Å²) in [7, 11) is 3.81. The van der Waals surface area contributed by atoms with Crippen molar-refractivity contribution in [3.63, 3.8) is 0 Å². The van der Waals surface area contributed by atoms with Crippen molar-refractivity contribution < 1.29 is 24.6 Å². The number of nitrogens with zero attached hydrogens (tertiary/aromatic N) is 2. The average Bonchev–Trinajstić information content (AvgIpc) is 2.61. The summed E-state index contributed by atoms with van der Waals surface area (Å²) in [5, 5.41) is 18.4. The van der Waals surface area contributed by atoms with E-state index < -0.39 is 24.4 Å². The molecule has 1 amide bonds. The molecule has 0 heterocycles. The minimum absolute atomic E-state index is 0.254. The number of rotatable bonds is 18. The molecule has 7 heteroatoms. The number of carboxylic acid groups (broad SMARTS) is 2. The standard InChI is InChI=1S/C21H40N2O5/c1-4-5-6-7-8-9-10-11-12-14-19(24)23(16-13-15-22(2)3)18(21(27)28)17-20(25)26/h18H,4-17H2,1-3H3,(H,25,26)(H,27,28)/t18-/m0/s1. The van der Waals surface area contributed by atoms with Crippen molar-refractivity contribution >= 4 is 17.8 Å². The summed E-state index contributed by atoms with van der Waals surface area (Å²) in [6.07, 6.45) is 10.6. The SMILES string of the molecule is CCCCCCCCCCCC(=O)N(CCCN(C)C)[C@@H](CC(=O)O)C(=O)O. The summed E-state index contributed by atoms with van der Waals surface area (Å²) in [5.41, 5.74) is 0. The molecule has 0 aliphatic carbocycles. The van der Waals surface area contributed by atoms with Gasteiger partial charge >= 0.3 is 11.9 Å². The Morgan fingerprint density at radius 3 is 1.79 bits per heavy atom. The van der Waals surface area contributed by atoms with Crippen LogP contribution in [0.5, 0.6) is 0 Å². The van der Waals surface area contributed by atoms with Gasteiger partial charge in [0.05, 0.1) is 6.42 Å². The third kappa shape index (κ3) is 13.5. The maximum absolute atomic E-state index is 12.6. The highest BCUT2D eigenvalue weighted by molar-refractivity contribution is 5.86. The van der Waals surface area contributed by atoms with Crippen LogP contribution in [-0.4, -0.2) is 71.1 Å². The Morgan fingerprint density at radius 2 is 1.32 bits per heavy atom. The second-order valence-corrected chi connectivity index (χ2v) is 7.77. The summed E-state index contributed by atoms with van der Waals surface area (Å²) in [5.74, 6) is -2.72. The Morgan fingerprint density at radius 1 is 0.786 bits per heavy atom. The second-order valence-electron chi connectivity index (χ2n) is 7.77. The number of hydrogen-bond acceptors (Lipinski definition) is 4. The molecule has 0 bridgehead atoms. The van der Waals surface area contributed by atoms with Gasteiger partial charge in [0.2, 0.25) is 5.91 Å². The average molecular weight is 401 g/mol. The highest BCUT2D eigenvalue weighted by Gasteiger charge is 2.31. The van der Waals surface area contributed by atoms with E-state index in [1.165, 1.54) is 43.4 Å². The third-order valence-corrected chi connectivity index (χ3v) is 4.85. The van der Waals surface area contributed by atoms with Crippen LogP contribution in [-0.2, 0) is 14.4 Å². The predicted octanol–water partition coefficient (Wildman–Crippen LogP) is 3.62. The molecule has 0 aromatic rings. The first-order valence-electron chi connectivity index (χ1n) is 10.7. The van der Waals surface area contributed by atoms with Gasteiger partial charge in [-0.2, -0.15) is 0 Å². The Kier molecular flexibility index (Phi) is 15.4. The lowest BCUT2D eigenvalue weighted by Gasteiger charge is -2.29. The third-order valence-electron chi connectivity index (χ3n) is 4.85. The van der Waals surface area contributed by atoms with Crippen molar-refractivity contribution in [3.05, 3.63) is 0 Å². The van der Waals surface area contributed by atoms with Crippen LogP contribution >= 0.6 is 0 Å². The lowest BCUT2D eigenvalue weighted by Crippen LogP contribution is -2.47. The molecule has 0 aliphatic rings. The Hall–Kier alpha value is -1.63. The van der Waals surface area contributed by atoms with E-state index in [4.69, 9.17) is 5.11 Å². The summed E-state index contributed by atoms with van der Waals surface area (Å²) in [4.78, 5) is 38.4. The molecule has 7 nitrogen and oxygen atoms in total. The van der Waals surface area contributed by atoms with Crippen LogP contribution in [0.15, 0.2) is 0 Å². The van der Waals surface area contributed by atoms with Gasteiger partial charge in [0.25, 0.3) is 0 Å². The van der Waals surface area contributed by atoms with E-state index >= 15 is 0 Å². The number of hydrogen-bond donors (Lipinski definition) is 2. The molecule has 0 aromatic carbocycles. The molecule has 164 valence electrons. The predicted molar refractivity (Wildman–Crippen MR) is 110 cm³/mol. The topological polar surface area (TPSA) is 98.2 Å². The van der Waals surface area contributed by atoms with Crippen LogP contribution in [0.25, 0.3) is 0 Å². The minimum Gasteiger partial charge on any atom is -0.481 e. The van der Waals surface area contributed by atoms with Crippen molar-refractivity contribution in [1.82, 2.24) is 9.80 Å². The van der Waals surface area contributed by atoms with Crippen molar-refractivity contribution in [3.8, 4) is 0 Å². The monoisotopic (exact) mass is 400 g/mol. The first kappa shape index (κ1) is 26.4. The van der Waals surface area contributed by atoms with Gasteiger partial charge in [0, 0.05) is 13.0 Å². The maximum Gasteiger partial charge on any atom is 0.327 e. The molecule has 0 radical (unpaired) electrons. The molecule has 0 fully saturated rings. The second kappa shape index (κ2) is 16.3. The smallest absolute Gasteiger partial charge is 0.327 e. The molecule has 28 heavy (non-hydrogen) atoms. The molecule has 1 atom stereocenters. The molecule has 0 saturated carbocycles. The summed E-state index contributed by atoms with van der Waals surface area (Å²) < 4.78 is 0. The molecule has 0 aromatic heterocycles. The van der Waals surface area contributed by atoms with E-state index in [-0.39, 0.29) is 18.9 Å². The number of carbonyl (C=O) groups excluding carboxylic acids is 1. The molecule has 0 saturated heterocycles. The summed E-state index contributed by atoms with van der Waals surface area (Å²) >= 11 is 0. The molecule has 0 unspecified atom stereocenters. The zero-order valence-corrected chi connectivity index (χ0v) is 18.0. The molecule has 0 rings (SSSR count). The lowest BCUT2D eigenvalue weighted by atomic mass is 10.1. The van der Waals surface area contributed by atoms with Gasteiger partial charge in [0.15, 0.2) is 0 Å². The minimum atomic E-state index is -1.30. The van der Waals surface area contributed by atoms with E-state index in [9.17, 15) is 19.5 Å². The highest BCUT2D eigenvalue weighted by Crippen LogP contribution is 2.14. The summed E-state index contributed by atoms with van der Waals surface area (Å²) in [6, 6.07) is -1.30. The van der Waals surface area contributed by atoms with Crippen molar-refractivity contribution in [2.24, 2.45) is 0 Å². The summed E-state index contributed by atoms with van der Waals surface area (Å²) in [6.45, 7) is 3.17. The molecular formula is C21H40N2O5. The van der Waals surface area contributed by atoms with Gasteiger partial charge in [-0.15, -0.1) is 0 Å². The van der Waals surface area contributed by atoms with E-state index in [0.29, 0.717) is 13.0 Å². The molecule has 0 spiro atoms. The van der Waals surface area contributed by atoms with Gasteiger partial charge in [-0.05, 0) is 33.5 Å².